The lowest BCUT2D eigenvalue weighted by Gasteiger charge is -2.32. The van der Waals surface area contributed by atoms with Crippen molar-refractivity contribution < 1.29 is 4.42 Å². The molecular formula is C61H49NO. The molecule has 0 unspecified atom stereocenters. The first kappa shape index (κ1) is 37.6. The largest absolute Gasteiger partial charge is 0.456 e. The quantitative estimate of drug-likeness (QED) is 0.159. The average Bonchev–Trinajstić information content (AvgIpc) is 3.83. The molecular weight excluding hydrogens is 763 g/mol. The summed E-state index contributed by atoms with van der Waals surface area (Å²) in [5.74, 6) is 0.677. The molecule has 0 bridgehead atoms. The van der Waals surface area contributed by atoms with E-state index in [-0.39, 0.29) is 5.41 Å². The maximum atomic E-state index is 6.54. The SMILES string of the molecule is CC1(C)c2ccccc2-c2cc(N(c3ccc(-c4ccc(C5CCCCC5)cc4)cc3-c3ccccc3)c3c(-c4ccc5c(c4)oc4ccccc45)ccc4ccccc34)ccc21. The molecule has 1 heterocycles. The van der Waals surface area contributed by atoms with E-state index in [0.717, 1.165) is 50.1 Å². The van der Waals surface area contributed by atoms with Gasteiger partial charge in [0.25, 0.3) is 0 Å². The van der Waals surface area contributed by atoms with Gasteiger partial charge in [-0.1, -0.05) is 185 Å². The van der Waals surface area contributed by atoms with Crippen molar-refractivity contribution in [2.75, 3.05) is 4.90 Å². The molecule has 1 saturated carbocycles. The van der Waals surface area contributed by atoms with E-state index in [4.69, 9.17) is 4.42 Å². The molecule has 12 rings (SSSR count). The Kier molecular flexibility index (Phi) is 8.97. The molecule has 2 aliphatic carbocycles. The lowest BCUT2D eigenvalue weighted by atomic mass is 9.82. The third-order valence-electron chi connectivity index (χ3n) is 14.3. The van der Waals surface area contributed by atoms with E-state index in [1.165, 1.54) is 92.9 Å². The lowest BCUT2D eigenvalue weighted by Crippen LogP contribution is -2.16. The predicted octanol–water partition coefficient (Wildman–Crippen LogP) is 17.6. The van der Waals surface area contributed by atoms with E-state index < -0.39 is 0 Å². The Morgan fingerprint density at radius 2 is 1.14 bits per heavy atom. The molecule has 0 aliphatic heterocycles. The molecule has 1 aromatic heterocycles. The van der Waals surface area contributed by atoms with Crippen molar-refractivity contribution in [3.8, 4) is 44.5 Å². The van der Waals surface area contributed by atoms with Crippen LogP contribution in [0.15, 0.2) is 199 Å². The number of hydrogen-bond acceptors (Lipinski definition) is 2. The summed E-state index contributed by atoms with van der Waals surface area (Å²) in [6.45, 7) is 4.72. The molecule has 10 aromatic rings. The maximum absolute atomic E-state index is 6.54. The Morgan fingerprint density at radius 1 is 0.444 bits per heavy atom. The van der Waals surface area contributed by atoms with Gasteiger partial charge >= 0.3 is 0 Å². The number of nitrogens with zero attached hydrogens (tertiary/aromatic N) is 1. The Balaban J connectivity index is 1.12. The van der Waals surface area contributed by atoms with Crippen molar-refractivity contribution in [2.45, 2.75) is 57.3 Å². The summed E-state index contributed by atoms with van der Waals surface area (Å²) in [6.07, 6.45) is 6.65. The van der Waals surface area contributed by atoms with Gasteiger partial charge in [-0.3, -0.25) is 0 Å². The summed E-state index contributed by atoms with van der Waals surface area (Å²) < 4.78 is 6.54. The number of hydrogen-bond donors (Lipinski definition) is 0. The van der Waals surface area contributed by atoms with Crippen molar-refractivity contribution in [1.82, 2.24) is 0 Å². The molecule has 304 valence electrons. The summed E-state index contributed by atoms with van der Waals surface area (Å²) >= 11 is 0. The molecule has 0 amide bonds. The minimum Gasteiger partial charge on any atom is -0.456 e. The zero-order valence-electron chi connectivity index (χ0n) is 35.9. The minimum absolute atomic E-state index is 0.106. The number of furan rings is 1. The molecule has 63 heavy (non-hydrogen) atoms. The zero-order chi connectivity index (χ0) is 42.1. The van der Waals surface area contributed by atoms with Gasteiger partial charge in [-0.25, -0.2) is 0 Å². The van der Waals surface area contributed by atoms with Crippen molar-refractivity contribution in [2.24, 2.45) is 0 Å². The monoisotopic (exact) mass is 811 g/mol. The Labute approximate surface area is 370 Å². The highest BCUT2D eigenvalue weighted by Gasteiger charge is 2.36. The number of fused-ring (bicyclic) bond motifs is 7. The van der Waals surface area contributed by atoms with E-state index >= 15 is 0 Å². The molecule has 0 radical (unpaired) electrons. The van der Waals surface area contributed by atoms with Crippen LogP contribution < -0.4 is 4.90 Å². The van der Waals surface area contributed by atoms with Gasteiger partial charge in [0.2, 0.25) is 0 Å². The van der Waals surface area contributed by atoms with Gasteiger partial charge < -0.3 is 9.32 Å². The van der Waals surface area contributed by atoms with Crippen LogP contribution in [0.1, 0.15) is 68.6 Å². The van der Waals surface area contributed by atoms with Gasteiger partial charge in [-0.2, -0.15) is 0 Å². The van der Waals surface area contributed by atoms with Gasteiger partial charge in [-0.15, -0.1) is 0 Å². The van der Waals surface area contributed by atoms with Crippen LogP contribution in [-0.2, 0) is 5.41 Å². The fourth-order valence-corrected chi connectivity index (χ4v) is 11.0. The molecule has 9 aromatic carbocycles. The Bertz CT molecular complexity index is 3350. The van der Waals surface area contributed by atoms with Crippen molar-refractivity contribution in [3.63, 3.8) is 0 Å². The van der Waals surface area contributed by atoms with Crippen molar-refractivity contribution in [3.05, 3.63) is 211 Å². The maximum Gasteiger partial charge on any atom is 0.136 e. The van der Waals surface area contributed by atoms with E-state index in [1.807, 2.05) is 6.07 Å². The molecule has 0 N–H and O–H groups in total. The minimum atomic E-state index is -0.106. The summed E-state index contributed by atoms with van der Waals surface area (Å²) in [5.41, 5.74) is 18.9. The number of benzene rings is 9. The molecule has 2 heteroatoms. The van der Waals surface area contributed by atoms with Crippen LogP contribution in [0.3, 0.4) is 0 Å². The molecule has 0 spiro atoms. The van der Waals surface area contributed by atoms with Crippen molar-refractivity contribution >= 4 is 49.8 Å². The third kappa shape index (κ3) is 6.30. The van der Waals surface area contributed by atoms with Crippen LogP contribution in [0, 0.1) is 0 Å². The normalized spacial score (nSPS) is 14.6. The fourth-order valence-electron chi connectivity index (χ4n) is 11.0. The highest BCUT2D eigenvalue weighted by molar-refractivity contribution is 6.10. The van der Waals surface area contributed by atoms with Crippen LogP contribution in [0.2, 0.25) is 0 Å². The van der Waals surface area contributed by atoms with E-state index in [2.05, 4.69) is 207 Å². The van der Waals surface area contributed by atoms with Crippen molar-refractivity contribution in [1.29, 1.82) is 0 Å². The fraction of sp³-hybridized carbons (Fsp3) is 0.148. The van der Waals surface area contributed by atoms with E-state index in [0.29, 0.717) is 5.92 Å². The Morgan fingerprint density at radius 3 is 2.00 bits per heavy atom. The second-order valence-electron chi connectivity index (χ2n) is 18.3. The van der Waals surface area contributed by atoms with Gasteiger partial charge in [0, 0.05) is 38.4 Å². The van der Waals surface area contributed by atoms with Gasteiger partial charge in [0.05, 0.1) is 11.4 Å². The lowest BCUT2D eigenvalue weighted by molar-refractivity contribution is 0.443. The van der Waals surface area contributed by atoms with Gasteiger partial charge in [0.15, 0.2) is 0 Å². The van der Waals surface area contributed by atoms with Crippen LogP contribution in [0.25, 0.3) is 77.2 Å². The number of anilines is 3. The molecule has 2 nitrogen and oxygen atoms in total. The number of para-hydroxylation sites is 1. The molecule has 1 fully saturated rings. The number of rotatable bonds is 7. The first-order valence-corrected chi connectivity index (χ1v) is 22.8. The summed E-state index contributed by atoms with van der Waals surface area (Å²) in [5, 5.41) is 4.64. The van der Waals surface area contributed by atoms with E-state index in [1.54, 1.807) is 0 Å². The highest BCUT2D eigenvalue weighted by Crippen LogP contribution is 2.53. The van der Waals surface area contributed by atoms with Crippen LogP contribution >= 0.6 is 0 Å². The average molecular weight is 812 g/mol. The summed E-state index contributed by atoms with van der Waals surface area (Å²) in [7, 11) is 0. The van der Waals surface area contributed by atoms with E-state index in [9.17, 15) is 0 Å². The smallest absolute Gasteiger partial charge is 0.136 e. The molecule has 2 aliphatic rings. The molecule has 0 saturated heterocycles. The zero-order valence-corrected chi connectivity index (χ0v) is 35.9. The first-order valence-electron chi connectivity index (χ1n) is 22.8. The third-order valence-corrected chi connectivity index (χ3v) is 14.3. The predicted molar refractivity (Wildman–Crippen MR) is 266 cm³/mol. The van der Waals surface area contributed by atoms with Crippen LogP contribution in [0.5, 0.6) is 0 Å². The topological polar surface area (TPSA) is 16.4 Å². The summed E-state index contributed by atoms with van der Waals surface area (Å²) in [6, 6.07) is 72.2. The summed E-state index contributed by atoms with van der Waals surface area (Å²) in [4.78, 5) is 2.55. The second kappa shape index (κ2) is 15.0. The highest BCUT2D eigenvalue weighted by atomic mass is 16.3. The standard InChI is InChI=1S/C61H49NO/c1-61(2)55-23-13-11-21-50(55)54-39-47(32-35-56(54)61)62(57-36-31-45(37-53(57)43-17-7-4-8-18-43)42-27-25-41(26-28-42)40-15-5-3-6-16-40)60-48-20-10-9-19-44(48)29-33-49(60)46-30-34-52-51-22-12-14-24-58(51)63-59(52)38-46/h4,7-14,17-40H,3,5-6,15-16H2,1-2H3. The Hall–Kier alpha value is -7.16. The second-order valence-corrected chi connectivity index (χ2v) is 18.3. The van der Waals surface area contributed by atoms with Crippen LogP contribution in [0.4, 0.5) is 17.1 Å². The van der Waals surface area contributed by atoms with Gasteiger partial charge in [-0.05, 0) is 117 Å². The van der Waals surface area contributed by atoms with Gasteiger partial charge in [0.1, 0.15) is 11.2 Å². The first-order chi connectivity index (χ1) is 31.0. The molecule has 0 atom stereocenters. The van der Waals surface area contributed by atoms with Crippen LogP contribution in [-0.4, -0.2) is 0 Å².